The van der Waals surface area contributed by atoms with Gasteiger partial charge in [-0.25, -0.2) is 4.79 Å². The minimum Gasteiger partial charge on any atom is -0.385 e. The first-order valence-electron chi connectivity index (χ1n) is 17.8. The molecule has 2 N–H and O–H groups in total. The number of hydrogen-bond acceptors (Lipinski definition) is 8. The molecule has 51 heavy (non-hydrogen) atoms. The number of hydrogen-bond donors (Lipinski definition) is 2. The Morgan fingerprint density at radius 3 is 1.90 bits per heavy atom. The fraction of sp³-hybridized carbons (Fsp3) is 0.439. The average molecular weight is 695 g/mol. The summed E-state index contributed by atoms with van der Waals surface area (Å²) < 4.78 is 29.0. The maximum atomic E-state index is 15.1. The van der Waals surface area contributed by atoms with Crippen LogP contribution in [-0.4, -0.2) is 56.7 Å². The summed E-state index contributed by atoms with van der Waals surface area (Å²) >= 11 is 0. The van der Waals surface area contributed by atoms with Crippen molar-refractivity contribution in [2.24, 2.45) is 5.41 Å². The summed E-state index contributed by atoms with van der Waals surface area (Å²) in [6.07, 6.45) is 0.679. The third-order valence-electron chi connectivity index (χ3n) is 10.6. The molecule has 3 fully saturated rings. The van der Waals surface area contributed by atoms with Crippen molar-refractivity contribution in [3.63, 3.8) is 0 Å². The molecule has 3 aromatic carbocycles. The van der Waals surface area contributed by atoms with Crippen molar-refractivity contribution in [1.82, 2.24) is 9.55 Å². The number of ketones is 1. The van der Waals surface area contributed by atoms with Gasteiger partial charge in [0.2, 0.25) is 0 Å². The molecule has 3 aliphatic rings. The molecule has 10 heteroatoms. The van der Waals surface area contributed by atoms with E-state index >= 15 is 4.79 Å². The highest BCUT2D eigenvalue weighted by Crippen LogP contribution is 2.54. The Morgan fingerprint density at radius 2 is 1.39 bits per heavy atom. The SMILES string of the molecule is Cc1cn([C@@H]2O[C@](COC(c3ccccc3)(c3ccccc3)c3ccccc3)(C(=O)C(O)C(C)(C)C)[C@H]3OC4(CCCCC4)O[C@@H]23)c(=O)[nH]c1=O. The molecule has 1 aromatic heterocycles. The minimum atomic E-state index is -1.95. The van der Waals surface area contributed by atoms with E-state index in [0.29, 0.717) is 12.8 Å². The van der Waals surface area contributed by atoms with Crippen LogP contribution in [0.4, 0.5) is 0 Å². The van der Waals surface area contributed by atoms with Gasteiger partial charge in [-0.15, -0.1) is 0 Å². The van der Waals surface area contributed by atoms with E-state index in [2.05, 4.69) is 4.98 Å². The zero-order chi connectivity index (χ0) is 36.0. The van der Waals surface area contributed by atoms with Gasteiger partial charge < -0.3 is 24.1 Å². The number of rotatable bonds is 9. The van der Waals surface area contributed by atoms with Gasteiger partial charge in [0.15, 0.2) is 23.4 Å². The molecule has 1 saturated carbocycles. The minimum absolute atomic E-state index is 0.284. The Labute approximate surface area is 297 Å². The standard InChI is InChI=1S/C41H46N2O8/c1-27-25-43(37(47)42-35(27)46)36-31-34(50-39(49-31)23-15-8-16-24-39)40(51-36,33(45)32(44)38(2,3)4)26-48-41(28-17-9-5-10-18-28,29-19-11-6-12-20-29)30-21-13-7-14-22-30/h5-7,9-14,17-22,25,31-32,34,36,44H,8,15-16,23-24,26H2,1-4H3,(H,42,46,47)/t31-,32?,34+,36-,40-/m1/s1. The highest BCUT2D eigenvalue weighted by Gasteiger charge is 2.70. The molecule has 7 rings (SSSR count). The van der Waals surface area contributed by atoms with Crippen molar-refractivity contribution < 1.29 is 28.8 Å². The van der Waals surface area contributed by atoms with Crippen LogP contribution in [0.3, 0.4) is 0 Å². The molecular formula is C41H46N2O8. The molecule has 5 atom stereocenters. The predicted molar refractivity (Wildman–Crippen MR) is 190 cm³/mol. The van der Waals surface area contributed by atoms with Crippen molar-refractivity contribution in [3.8, 4) is 0 Å². The summed E-state index contributed by atoms with van der Waals surface area (Å²) in [6, 6.07) is 29.3. The highest BCUT2D eigenvalue weighted by atomic mass is 16.8. The van der Waals surface area contributed by atoms with E-state index in [9.17, 15) is 14.7 Å². The molecule has 0 radical (unpaired) electrons. The molecule has 0 bridgehead atoms. The van der Waals surface area contributed by atoms with Crippen molar-refractivity contribution in [2.45, 2.75) is 101 Å². The van der Waals surface area contributed by atoms with Crippen LogP contribution in [0.5, 0.6) is 0 Å². The Morgan fingerprint density at radius 1 is 0.863 bits per heavy atom. The van der Waals surface area contributed by atoms with Gasteiger partial charge in [-0.3, -0.25) is 19.1 Å². The number of carbonyl (C=O) groups is 1. The summed E-state index contributed by atoms with van der Waals surface area (Å²) in [4.78, 5) is 43.4. The summed E-state index contributed by atoms with van der Waals surface area (Å²) in [6.45, 7) is 6.56. The molecule has 1 aliphatic carbocycles. The second kappa shape index (κ2) is 13.4. The van der Waals surface area contributed by atoms with E-state index in [-0.39, 0.29) is 12.2 Å². The number of aromatic amines is 1. The normalized spacial score (nSPS) is 25.1. The van der Waals surface area contributed by atoms with Crippen LogP contribution in [0, 0.1) is 12.3 Å². The van der Waals surface area contributed by atoms with E-state index in [0.717, 1.165) is 36.0 Å². The van der Waals surface area contributed by atoms with Crippen molar-refractivity contribution in [3.05, 3.63) is 140 Å². The van der Waals surface area contributed by atoms with Crippen LogP contribution in [-0.2, 0) is 29.3 Å². The van der Waals surface area contributed by atoms with Crippen LogP contribution >= 0.6 is 0 Å². The number of aromatic nitrogens is 2. The largest absolute Gasteiger partial charge is 0.385 e. The first kappa shape index (κ1) is 35.2. The number of nitrogens with one attached hydrogen (secondary N) is 1. The number of ether oxygens (including phenoxy) is 4. The Bertz CT molecular complexity index is 1870. The fourth-order valence-electron chi connectivity index (χ4n) is 7.86. The molecule has 2 saturated heterocycles. The van der Waals surface area contributed by atoms with Crippen LogP contribution in [0.15, 0.2) is 107 Å². The fourth-order valence-corrected chi connectivity index (χ4v) is 7.86. The number of nitrogens with zero attached hydrogens (tertiary/aromatic N) is 1. The molecule has 4 aromatic rings. The number of carbonyl (C=O) groups excluding carboxylic acids is 1. The van der Waals surface area contributed by atoms with Crippen LogP contribution in [0.2, 0.25) is 0 Å². The Kier molecular flexibility index (Phi) is 9.26. The lowest BCUT2D eigenvalue weighted by Crippen LogP contribution is -2.60. The number of benzene rings is 3. The lowest BCUT2D eigenvalue weighted by Gasteiger charge is -2.42. The molecule has 1 spiro atoms. The van der Waals surface area contributed by atoms with E-state index in [4.69, 9.17) is 18.9 Å². The average Bonchev–Trinajstić information content (AvgIpc) is 3.64. The zero-order valence-electron chi connectivity index (χ0n) is 29.5. The van der Waals surface area contributed by atoms with E-state index < -0.39 is 64.0 Å². The van der Waals surface area contributed by atoms with Crippen molar-refractivity contribution >= 4 is 5.78 Å². The van der Waals surface area contributed by atoms with Crippen molar-refractivity contribution in [1.29, 1.82) is 0 Å². The summed E-state index contributed by atoms with van der Waals surface area (Å²) in [5, 5.41) is 11.8. The topological polar surface area (TPSA) is 129 Å². The number of aryl methyl sites for hydroxylation is 1. The maximum Gasteiger partial charge on any atom is 0.330 e. The van der Waals surface area contributed by atoms with Gasteiger partial charge in [-0.2, -0.15) is 0 Å². The van der Waals surface area contributed by atoms with E-state index in [1.165, 1.54) is 10.8 Å². The molecular weight excluding hydrogens is 648 g/mol. The zero-order valence-corrected chi connectivity index (χ0v) is 29.5. The molecule has 0 amide bonds. The summed E-state index contributed by atoms with van der Waals surface area (Å²) in [7, 11) is 0. The lowest BCUT2D eigenvalue weighted by molar-refractivity contribution is -0.256. The van der Waals surface area contributed by atoms with Gasteiger partial charge in [0.25, 0.3) is 5.56 Å². The van der Waals surface area contributed by atoms with Gasteiger partial charge in [0, 0.05) is 24.6 Å². The Balaban J connectivity index is 1.43. The second-order valence-corrected chi connectivity index (χ2v) is 15.2. The smallest absolute Gasteiger partial charge is 0.330 e. The molecule has 3 heterocycles. The number of aliphatic hydroxyl groups excluding tert-OH is 1. The van der Waals surface area contributed by atoms with Gasteiger partial charge in [-0.1, -0.05) is 118 Å². The third kappa shape index (κ3) is 6.13. The second-order valence-electron chi connectivity index (χ2n) is 15.2. The van der Waals surface area contributed by atoms with Crippen LogP contribution in [0.25, 0.3) is 0 Å². The van der Waals surface area contributed by atoms with Gasteiger partial charge >= 0.3 is 5.69 Å². The third-order valence-corrected chi connectivity index (χ3v) is 10.6. The predicted octanol–water partition coefficient (Wildman–Crippen LogP) is 5.54. The van der Waals surface area contributed by atoms with Gasteiger partial charge in [-0.05, 0) is 41.9 Å². The number of aliphatic hydroxyl groups is 1. The first-order chi connectivity index (χ1) is 24.4. The maximum absolute atomic E-state index is 15.1. The van der Waals surface area contributed by atoms with E-state index in [1.54, 1.807) is 27.7 Å². The first-order valence-corrected chi connectivity index (χ1v) is 17.8. The van der Waals surface area contributed by atoms with Crippen molar-refractivity contribution in [2.75, 3.05) is 6.61 Å². The number of H-pyrrole nitrogens is 1. The molecule has 2 aliphatic heterocycles. The monoisotopic (exact) mass is 694 g/mol. The Hall–Kier alpha value is -4.19. The summed E-state index contributed by atoms with van der Waals surface area (Å²) in [5.74, 6) is -1.65. The van der Waals surface area contributed by atoms with Gasteiger partial charge in [0.05, 0.1) is 6.61 Å². The summed E-state index contributed by atoms with van der Waals surface area (Å²) in [5.41, 5.74) is -2.59. The van der Waals surface area contributed by atoms with Crippen LogP contribution in [0.1, 0.15) is 81.4 Å². The van der Waals surface area contributed by atoms with E-state index in [1.807, 2.05) is 91.0 Å². The van der Waals surface area contributed by atoms with Crippen LogP contribution < -0.4 is 11.2 Å². The van der Waals surface area contributed by atoms with Gasteiger partial charge in [0.1, 0.15) is 23.9 Å². The quantitative estimate of drug-likeness (QED) is 0.219. The lowest BCUT2D eigenvalue weighted by atomic mass is 9.77. The molecule has 10 nitrogen and oxygen atoms in total. The molecule has 1 unspecified atom stereocenters. The highest BCUT2D eigenvalue weighted by molar-refractivity contribution is 5.93. The molecule has 268 valence electrons. The number of fused-ring (bicyclic) bond motifs is 1. The number of Topliss-reactive ketones (excluding diaryl/α,β-unsaturated/α-hetero) is 1.